The van der Waals surface area contributed by atoms with Crippen LogP contribution in [0.1, 0.15) is 50.5 Å². The first kappa shape index (κ1) is 20.0. The van der Waals surface area contributed by atoms with E-state index in [1.54, 1.807) is 55.5 Å². The second-order valence-corrected chi connectivity index (χ2v) is 6.77. The number of amides is 1. The molecule has 0 bridgehead atoms. The SMILES string of the molecule is CC(=O)c1ccc(NCc2ccc(C(=O)Nc3ccc(C(C)=O)cc3)cc2)cc1. The molecule has 5 nitrogen and oxygen atoms in total. The average Bonchev–Trinajstić information content (AvgIpc) is 2.73. The predicted octanol–water partition coefficient (Wildman–Crippen LogP) is 4.96. The monoisotopic (exact) mass is 386 g/mol. The van der Waals surface area contributed by atoms with E-state index in [-0.39, 0.29) is 17.5 Å². The molecular weight excluding hydrogens is 364 g/mol. The molecule has 1 amide bonds. The molecular formula is C24H22N2O3. The number of anilines is 2. The Morgan fingerprint density at radius 1 is 0.621 bits per heavy atom. The summed E-state index contributed by atoms with van der Waals surface area (Å²) in [6, 6.07) is 21.5. The van der Waals surface area contributed by atoms with Crippen molar-refractivity contribution in [3.63, 3.8) is 0 Å². The summed E-state index contributed by atoms with van der Waals surface area (Å²) < 4.78 is 0. The zero-order valence-electron chi connectivity index (χ0n) is 16.4. The number of Topliss-reactive ketones (excluding diaryl/α,β-unsaturated/α-hetero) is 2. The second-order valence-electron chi connectivity index (χ2n) is 6.77. The van der Waals surface area contributed by atoms with Crippen molar-refractivity contribution in [1.82, 2.24) is 0 Å². The Kier molecular flexibility index (Phi) is 6.19. The van der Waals surface area contributed by atoms with Gasteiger partial charge < -0.3 is 10.6 Å². The molecule has 5 heteroatoms. The van der Waals surface area contributed by atoms with Crippen molar-refractivity contribution in [3.8, 4) is 0 Å². The third-order valence-electron chi connectivity index (χ3n) is 4.55. The Bertz CT molecular complexity index is 1020. The molecule has 3 aromatic rings. The van der Waals surface area contributed by atoms with E-state index in [4.69, 9.17) is 0 Å². The number of hydrogen-bond acceptors (Lipinski definition) is 4. The minimum absolute atomic E-state index is 0.0122. The summed E-state index contributed by atoms with van der Waals surface area (Å²) in [7, 11) is 0. The summed E-state index contributed by atoms with van der Waals surface area (Å²) >= 11 is 0. The molecule has 0 aromatic heterocycles. The summed E-state index contributed by atoms with van der Waals surface area (Å²) in [5.41, 5.74) is 4.43. The number of nitrogens with one attached hydrogen (secondary N) is 2. The lowest BCUT2D eigenvalue weighted by atomic mass is 10.1. The van der Waals surface area contributed by atoms with Crippen LogP contribution in [0.5, 0.6) is 0 Å². The molecule has 0 radical (unpaired) electrons. The summed E-state index contributed by atoms with van der Waals surface area (Å²) in [6.45, 7) is 3.65. The van der Waals surface area contributed by atoms with Crippen molar-refractivity contribution in [2.24, 2.45) is 0 Å². The first-order chi connectivity index (χ1) is 13.9. The molecule has 29 heavy (non-hydrogen) atoms. The average molecular weight is 386 g/mol. The third kappa shape index (κ3) is 5.39. The molecule has 146 valence electrons. The van der Waals surface area contributed by atoms with Crippen LogP contribution >= 0.6 is 0 Å². The first-order valence-corrected chi connectivity index (χ1v) is 9.28. The van der Waals surface area contributed by atoms with Gasteiger partial charge in [-0.3, -0.25) is 14.4 Å². The Labute approximate surface area is 169 Å². The van der Waals surface area contributed by atoms with Crippen LogP contribution < -0.4 is 10.6 Å². The minimum atomic E-state index is -0.208. The standard InChI is InChI=1S/C24H22N2O3/c1-16(27)19-7-11-22(12-8-19)25-15-18-3-5-21(6-4-18)24(29)26-23-13-9-20(10-14-23)17(2)28/h3-14,25H,15H2,1-2H3,(H,26,29). The lowest BCUT2D eigenvalue weighted by Gasteiger charge is -2.09. The van der Waals surface area contributed by atoms with Crippen molar-refractivity contribution >= 4 is 28.8 Å². The van der Waals surface area contributed by atoms with E-state index in [9.17, 15) is 14.4 Å². The number of ketones is 2. The van der Waals surface area contributed by atoms with E-state index in [2.05, 4.69) is 10.6 Å². The van der Waals surface area contributed by atoms with Gasteiger partial charge in [0.1, 0.15) is 0 Å². The maximum Gasteiger partial charge on any atom is 0.255 e. The molecule has 0 saturated heterocycles. The highest BCUT2D eigenvalue weighted by Gasteiger charge is 2.07. The van der Waals surface area contributed by atoms with Gasteiger partial charge in [0.25, 0.3) is 5.91 Å². The Morgan fingerprint density at radius 2 is 1.07 bits per heavy atom. The van der Waals surface area contributed by atoms with Crippen LogP contribution in [0.15, 0.2) is 72.8 Å². The number of rotatable bonds is 7. The van der Waals surface area contributed by atoms with Gasteiger partial charge in [0.05, 0.1) is 0 Å². The number of hydrogen-bond donors (Lipinski definition) is 2. The Hall–Kier alpha value is -3.73. The van der Waals surface area contributed by atoms with Gasteiger partial charge in [0.15, 0.2) is 11.6 Å². The summed E-state index contributed by atoms with van der Waals surface area (Å²) in [5.74, 6) is -0.179. The number of carbonyl (C=O) groups excluding carboxylic acids is 3. The Morgan fingerprint density at radius 3 is 1.55 bits per heavy atom. The summed E-state index contributed by atoms with van der Waals surface area (Å²) in [5, 5.41) is 6.11. The van der Waals surface area contributed by atoms with Crippen LogP contribution in [0.25, 0.3) is 0 Å². The van der Waals surface area contributed by atoms with E-state index in [0.29, 0.717) is 28.9 Å². The van der Waals surface area contributed by atoms with E-state index in [1.807, 2.05) is 24.3 Å². The quantitative estimate of drug-likeness (QED) is 0.563. The predicted molar refractivity (Wildman–Crippen MR) is 115 cm³/mol. The second kappa shape index (κ2) is 8.97. The van der Waals surface area contributed by atoms with Gasteiger partial charge in [-0.2, -0.15) is 0 Å². The molecule has 0 heterocycles. The number of benzene rings is 3. The maximum absolute atomic E-state index is 12.4. The highest BCUT2D eigenvalue weighted by molar-refractivity contribution is 6.04. The largest absolute Gasteiger partial charge is 0.381 e. The van der Waals surface area contributed by atoms with Gasteiger partial charge in [-0.15, -0.1) is 0 Å². The number of carbonyl (C=O) groups is 3. The third-order valence-corrected chi connectivity index (χ3v) is 4.55. The van der Waals surface area contributed by atoms with Crippen molar-refractivity contribution in [2.45, 2.75) is 20.4 Å². The maximum atomic E-state index is 12.4. The fraction of sp³-hybridized carbons (Fsp3) is 0.125. The van der Waals surface area contributed by atoms with Crippen molar-refractivity contribution in [2.75, 3.05) is 10.6 Å². The molecule has 0 saturated carbocycles. The highest BCUT2D eigenvalue weighted by atomic mass is 16.1. The molecule has 2 N–H and O–H groups in total. The molecule has 0 aliphatic carbocycles. The van der Waals surface area contributed by atoms with Crippen LogP contribution in [0.3, 0.4) is 0 Å². The summed E-state index contributed by atoms with van der Waals surface area (Å²) in [4.78, 5) is 35.0. The van der Waals surface area contributed by atoms with Gasteiger partial charge in [0.2, 0.25) is 0 Å². The van der Waals surface area contributed by atoms with Crippen LogP contribution in [-0.2, 0) is 6.54 Å². The zero-order chi connectivity index (χ0) is 20.8. The lowest BCUT2D eigenvalue weighted by Crippen LogP contribution is -2.12. The van der Waals surface area contributed by atoms with Gasteiger partial charge in [-0.05, 0) is 80.1 Å². The fourth-order valence-corrected chi connectivity index (χ4v) is 2.79. The smallest absolute Gasteiger partial charge is 0.255 e. The zero-order valence-corrected chi connectivity index (χ0v) is 16.4. The lowest BCUT2D eigenvalue weighted by molar-refractivity contribution is 0.100. The van der Waals surface area contributed by atoms with Crippen LogP contribution in [0, 0.1) is 0 Å². The van der Waals surface area contributed by atoms with Crippen molar-refractivity contribution in [1.29, 1.82) is 0 Å². The van der Waals surface area contributed by atoms with Gasteiger partial charge in [-0.25, -0.2) is 0 Å². The molecule has 0 spiro atoms. The van der Waals surface area contributed by atoms with E-state index < -0.39 is 0 Å². The van der Waals surface area contributed by atoms with Crippen molar-refractivity contribution in [3.05, 3.63) is 95.1 Å². The molecule has 0 fully saturated rings. The summed E-state index contributed by atoms with van der Waals surface area (Å²) in [6.07, 6.45) is 0. The molecule has 0 aliphatic rings. The molecule has 0 unspecified atom stereocenters. The fourth-order valence-electron chi connectivity index (χ4n) is 2.79. The topological polar surface area (TPSA) is 75.3 Å². The normalized spacial score (nSPS) is 10.3. The van der Waals surface area contributed by atoms with Crippen LogP contribution in [-0.4, -0.2) is 17.5 Å². The van der Waals surface area contributed by atoms with Gasteiger partial charge >= 0.3 is 0 Å². The van der Waals surface area contributed by atoms with E-state index in [0.717, 1.165) is 11.3 Å². The minimum Gasteiger partial charge on any atom is -0.381 e. The first-order valence-electron chi connectivity index (χ1n) is 9.28. The van der Waals surface area contributed by atoms with Crippen molar-refractivity contribution < 1.29 is 14.4 Å². The molecule has 0 aliphatic heterocycles. The molecule has 3 aromatic carbocycles. The highest BCUT2D eigenvalue weighted by Crippen LogP contribution is 2.14. The van der Waals surface area contributed by atoms with Gasteiger partial charge in [0, 0.05) is 34.6 Å². The van der Waals surface area contributed by atoms with Crippen LogP contribution in [0.4, 0.5) is 11.4 Å². The molecule has 0 atom stereocenters. The van der Waals surface area contributed by atoms with E-state index in [1.165, 1.54) is 6.92 Å². The van der Waals surface area contributed by atoms with Crippen LogP contribution in [0.2, 0.25) is 0 Å². The Balaban J connectivity index is 1.56. The van der Waals surface area contributed by atoms with E-state index >= 15 is 0 Å². The molecule has 3 rings (SSSR count). The van der Waals surface area contributed by atoms with Gasteiger partial charge in [-0.1, -0.05) is 12.1 Å².